The molecule has 4 unspecified atom stereocenters. The van der Waals surface area contributed by atoms with Crippen LogP contribution < -0.4 is 10.0 Å². The largest absolute Gasteiger partial charge is 0.435 e. The van der Waals surface area contributed by atoms with Crippen LogP contribution in [0.2, 0.25) is 5.02 Å². The van der Waals surface area contributed by atoms with Gasteiger partial charge in [-0.2, -0.15) is 32.1 Å². The predicted molar refractivity (Wildman–Crippen MR) is 197 cm³/mol. The minimum Gasteiger partial charge on any atom is -0.372 e. The molecule has 0 aliphatic heterocycles. The maximum atomic E-state index is 15.5. The van der Waals surface area contributed by atoms with E-state index in [9.17, 15) is 49.1 Å². The Hall–Kier alpha value is -5.77. The van der Waals surface area contributed by atoms with Crippen molar-refractivity contribution in [2.75, 3.05) is 11.0 Å². The molecule has 0 saturated heterocycles. The van der Waals surface area contributed by atoms with E-state index < -0.39 is 99.5 Å². The Morgan fingerprint density at radius 3 is 2.33 bits per heavy atom. The summed E-state index contributed by atoms with van der Waals surface area (Å²) >= 11 is 6.52. The smallest absolute Gasteiger partial charge is 0.372 e. The van der Waals surface area contributed by atoms with E-state index in [4.69, 9.17) is 11.6 Å². The summed E-state index contributed by atoms with van der Waals surface area (Å²) in [6.45, 7) is -0.505. The third-order valence-electron chi connectivity index (χ3n) is 9.63. The van der Waals surface area contributed by atoms with Crippen molar-refractivity contribution < 1.29 is 57.8 Å². The van der Waals surface area contributed by atoms with Crippen LogP contribution in [0.1, 0.15) is 52.8 Å². The van der Waals surface area contributed by atoms with E-state index in [0.29, 0.717) is 6.07 Å². The lowest BCUT2D eigenvalue weighted by Gasteiger charge is -2.24. The van der Waals surface area contributed by atoms with E-state index in [1.165, 1.54) is 36.0 Å². The van der Waals surface area contributed by atoms with E-state index in [0.717, 1.165) is 25.3 Å². The molecule has 3 heterocycles. The molecule has 0 spiro atoms. The topological polar surface area (TPSA) is 144 Å². The fourth-order valence-corrected chi connectivity index (χ4v) is 7.80. The van der Waals surface area contributed by atoms with Gasteiger partial charge in [0.25, 0.3) is 6.43 Å². The molecule has 314 valence electrons. The first-order valence-corrected chi connectivity index (χ1v) is 19.6. The van der Waals surface area contributed by atoms with Crippen molar-refractivity contribution in [2.24, 2.45) is 13.0 Å². The lowest BCUT2D eigenvalue weighted by atomic mass is 9.84. The molecule has 4 atom stereocenters. The van der Waals surface area contributed by atoms with Crippen LogP contribution in [0, 0.1) is 41.2 Å². The van der Waals surface area contributed by atoms with Gasteiger partial charge in [0.05, 0.1) is 39.8 Å². The Morgan fingerprint density at radius 2 is 1.73 bits per heavy atom. The fourth-order valence-electron chi connectivity index (χ4n) is 7.06. The number of fused-ring (bicyclic) bond motifs is 4. The zero-order chi connectivity index (χ0) is 43.9. The lowest BCUT2D eigenvalue weighted by Crippen LogP contribution is -2.36. The third-order valence-corrected chi connectivity index (χ3v) is 10.5. The molecule has 2 aliphatic rings. The number of nitrogens with one attached hydrogen (secondary N) is 2. The molecule has 1 amide bonds. The van der Waals surface area contributed by atoms with Crippen LogP contribution in [0.5, 0.6) is 0 Å². The summed E-state index contributed by atoms with van der Waals surface area (Å²) in [5, 5.41) is 20.3. The van der Waals surface area contributed by atoms with Gasteiger partial charge < -0.3 is 10.4 Å². The van der Waals surface area contributed by atoms with Crippen molar-refractivity contribution in [3.63, 3.8) is 0 Å². The Balaban J connectivity index is 1.40. The molecule has 3 N–H and O–H groups in total. The molecular weight excluding hydrogens is 857 g/mol. The monoisotopic (exact) mass is 883 g/mol. The van der Waals surface area contributed by atoms with Crippen LogP contribution in [0.3, 0.4) is 0 Å². The summed E-state index contributed by atoms with van der Waals surface area (Å²) in [5.41, 5.74) is -6.81. The van der Waals surface area contributed by atoms with E-state index >= 15 is 8.78 Å². The first-order chi connectivity index (χ1) is 27.9. The van der Waals surface area contributed by atoms with Crippen molar-refractivity contribution in [1.82, 2.24) is 29.9 Å². The Bertz CT molecular complexity index is 2840. The number of pyridine rings is 1. The molecule has 7 rings (SSSR count). The zero-order valence-corrected chi connectivity index (χ0v) is 32.4. The van der Waals surface area contributed by atoms with Gasteiger partial charge in [-0.3, -0.25) is 18.9 Å². The number of aliphatic hydroxyl groups is 1. The van der Waals surface area contributed by atoms with E-state index in [-0.39, 0.29) is 54.5 Å². The van der Waals surface area contributed by atoms with E-state index in [1.54, 1.807) is 0 Å². The number of hydrogen-bond acceptors (Lipinski definition) is 7. The summed E-state index contributed by atoms with van der Waals surface area (Å²) < 4.78 is 158. The number of amides is 1. The second kappa shape index (κ2) is 14.7. The van der Waals surface area contributed by atoms with Crippen molar-refractivity contribution in [2.45, 2.75) is 56.0 Å². The van der Waals surface area contributed by atoms with Crippen molar-refractivity contribution in [3.8, 4) is 34.8 Å². The van der Waals surface area contributed by atoms with Gasteiger partial charge in [0.1, 0.15) is 35.5 Å². The predicted octanol–water partition coefficient (Wildman–Crippen LogP) is 6.44. The number of hydrogen-bond donors (Lipinski definition) is 3. The van der Waals surface area contributed by atoms with Gasteiger partial charge in [0, 0.05) is 29.8 Å². The van der Waals surface area contributed by atoms with Crippen LogP contribution in [-0.2, 0) is 46.9 Å². The van der Waals surface area contributed by atoms with Gasteiger partial charge in [-0.1, -0.05) is 35.4 Å². The number of halogens is 10. The quantitative estimate of drug-likeness (QED) is 0.108. The summed E-state index contributed by atoms with van der Waals surface area (Å²) in [6, 6.07) is 6.11. The number of sulfonamides is 1. The van der Waals surface area contributed by atoms with Gasteiger partial charge in [0.2, 0.25) is 15.9 Å². The van der Waals surface area contributed by atoms with Gasteiger partial charge in [0.15, 0.2) is 17.1 Å². The Labute approximate surface area is 339 Å². The molecule has 0 bridgehead atoms. The highest BCUT2D eigenvalue weighted by Crippen LogP contribution is 2.58. The zero-order valence-electron chi connectivity index (χ0n) is 30.9. The van der Waals surface area contributed by atoms with Crippen LogP contribution in [0.15, 0.2) is 42.5 Å². The standard InChI is InChI=1S/C38H27ClF9N7O4S/c1-36(57,35(42)43)11-10-20-4-5-21(22-7-9-25(39)29-31(22)54(2)52-34(29)53-60(3,58)59)30(49-20)26(14-17-12-18(40)15-19(41)13-17)50-27(56)16-55-33-28(32(51-55)38(46,47)48)23-6-8-24(23)37(33,44)45/h4-5,7,9,12-13,15,23-24,26,35,57H,14,16H2,1-3H3,(H,50,56)(H,52,53). The number of alkyl halides is 7. The molecule has 22 heteroatoms. The lowest BCUT2D eigenvalue weighted by molar-refractivity contribution is -0.142. The van der Waals surface area contributed by atoms with Crippen molar-refractivity contribution in [1.29, 1.82) is 0 Å². The van der Waals surface area contributed by atoms with Gasteiger partial charge in [-0.25, -0.2) is 31.0 Å². The minimum absolute atomic E-state index is 0.0138. The average Bonchev–Trinajstić information content (AvgIpc) is 3.67. The molecule has 0 radical (unpaired) electrons. The number of anilines is 1. The number of nitrogens with zero attached hydrogens (tertiary/aromatic N) is 5. The second-order valence-corrected chi connectivity index (χ2v) is 16.4. The maximum Gasteiger partial charge on any atom is 0.435 e. The number of aryl methyl sites for hydroxylation is 1. The van der Waals surface area contributed by atoms with Crippen molar-refractivity contribution >= 4 is 44.3 Å². The number of carbonyl (C=O) groups excluding carboxylic acids is 1. The van der Waals surface area contributed by atoms with Crippen LogP contribution in [0.4, 0.5) is 45.3 Å². The first-order valence-electron chi connectivity index (χ1n) is 17.3. The molecule has 2 aliphatic carbocycles. The number of carbonyl (C=O) groups is 1. The summed E-state index contributed by atoms with van der Waals surface area (Å²) in [7, 11) is -2.50. The second-order valence-electron chi connectivity index (χ2n) is 14.2. The number of aromatic nitrogens is 5. The van der Waals surface area contributed by atoms with Crippen molar-refractivity contribution in [3.05, 3.63) is 93.0 Å². The molecule has 5 aromatic rings. The van der Waals surface area contributed by atoms with E-state index in [1.807, 2.05) is 5.92 Å². The highest BCUT2D eigenvalue weighted by atomic mass is 35.5. The molecule has 0 saturated carbocycles. The summed E-state index contributed by atoms with van der Waals surface area (Å²) in [5.74, 6) is -1.97. The SMILES string of the molecule is Cn1nc(NS(C)(=O)=O)c2c(Cl)ccc(-c3ccc(C#CC(C)(O)C(F)F)nc3C(Cc3cc(F)cc(F)c3)NC(=O)Cn3nc(C(F)(F)F)c4c3C(F)(F)C3C#CC43)c21. The maximum absolute atomic E-state index is 15.5. The highest BCUT2D eigenvalue weighted by Gasteiger charge is 2.62. The summed E-state index contributed by atoms with van der Waals surface area (Å²) in [4.78, 5) is 18.4. The number of rotatable bonds is 10. The minimum atomic E-state index is -5.21. The number of benzene rings is 2. The molecular formula is C38H27ClF9N7O4S. The molecule has 2 aromatic carbocycles. The van der Waals surface area contributed by atoms with Crippen LogP contribution >= 0.6 is 11.6 Å². The van der Waals surface area contributed by atoms with Crippen LogP contribution in [-0.4, -0.2) is 62.3 Å². The Morgan fingerprint density at radius 1 is 1.07 bits per heavy atom. The molecule has 0 fully saturated rings. The third kappa shape index (κ3) is 7.84. The normalized spacial score (nSPS) is 18.1. The fraction of sp³-hybridized carbons (Fsp3) is 0.316. The van der Waals surface area contributed by atoms with E-state index in [2.05, 4.69) is 43.0 Å². The van der Waals surface area contributed by atoms with Gasteiger partial charge in [-0.15, -0.1) is 0 Å². The molecule has 3 aromatic heterocycles. The van der Waals surface area contributed by atoms with Gasteiger partial charge >= 0.3 is 12.1 Å². The van der Waals surface area contributed by atoms with Crippen LogP contribution in [0.25, 0.3) is 22.0 Å². The molecule has 60 heavy (non-hydrogen) atoms. The first kappa shape index (κ1) is 42.4. The average molecular weight is 884 g/mol. The molecule has 11 nitrogen and oxygen atoms in total. The summed E-state index contributed by atoms with van der Waals surface area (Å²) in [6.07, 6.45) is -8.23. The Kier molecular flexibility index (Phi) is 10.4. The highest BCUT2D eigenvalue weighted by molar-refractivity contribution is 7.92. The van der Waals surface area contributed by atoms with Gasteiger partial charge in [-0.05, 0) is 55.2 Å².